The summed E-state index contributed by atoms with van der Waals surface area (Å²) in [6, 6.07) is 17.7. The zero-order valence-electron chi connectivity index (χ0n) is 14.1. The van der Waals surface area contributed by atoms with E-state index < -0.39 is 0 Å². The monoisotopic (exact) mass is 324 g/mol. The van der Waals surface area contributed by atoms with E-state index in [2.05, 4.69) is 17.3 Å². The number of nitrogens with zero attached hydrogens (tertiary/aromatic N) is 1. The van der Waals surface area contributed by atoms with Gasteiger partial charge in [0.2, 0.25) is 0 Å². The Bertz CT molecular complexity index is 664. The van der Waals surface area contributed by atoms with E-state index in [-0.39, 0.29) is 11.9 Å². The number of hydrogen-bond acceptors (Lipinski definition) is 3. The van der Waals surface area contributed by atoms with Gasteiger partial charge in [-0.25, -0.2) is 0 Å². The van der Waals surface area contributed by atoms with E-state index in [0.717, 1.165) is 37.2 Å². The largest absolute Gasteiger partial charge is 0.489 e. The fraction of sp³-hybridized carbons (Fsp3) is 0.350. The van der Waals surface area contributed by atoms with E-state index in [9.17, 15) is 4.79 Å². The second-order valence-corrected chi connectivity index (χ2v) is 6.35. The fourth-order valence-electron chi connectivity index (χ4n) is 2.89. The van der Waals surface area contributed by atoms with Crippen LogP contribution in [0.5, 0.6) is 5.75 Å². The molecular formula is C20H24N2O2. The van der Waals surface area contributed by atoms with Crippen LogP contribution in [-0.4, -0.2) is 37.0 Å². The highest BCUT2D eigenvalue weighted by molar-refractivity contribution is 5.94. The van der Waals surface area contributed by atoms with Gasteiger partial charge in [-0.05, 0) is 56.7 Å². The fourth-order valence-corrected chi connectivity index (χ4v) is 2.89. The summed E-state index contributed by atoms with van der Waals surface area (Å²) in [4.78, 5) is 14.7. The van der Waals surface area contributed by atoms with Crippen molar-refractivity contribution < 1.29 is 9.53 Å². The number of ether oxygens (including phenoxy) is 1. The number of benzene rings is 2. The molecule has 4 nitrogen and oxygen atoms in total. The maximum Gasteiger partial charge on any atom is 0.251 e. The molecule has 3 rings (SSSR count). The predicted molar refractivity (Wildman–Crippen MR) is 95.2 cm³/mol. The Morgan fingerprint density at radius 2 is 1.88 bits per heavy atom. The molecule has 0 spiro atoms. The minimum atomic E-state index is -0.0188. The summed E-state index contributed by atoms with van der Waals surface area (Å²) >= 11 is 0. The van der Waals surface area contributed by atoms with Crippen molar-refractivity contribution in [1.82, 2.24) is 10.2 Å². The Kier molecular flexibility index (Phi) is 5.49. The second-order valence-electron chi connectivity index (χ2n) is 6.35. The predicted octanol–water partition coefficient (Wildman–Crippen LogP) is 3.09. The lowest BCUT2D eigenvalue weighted by Crippen LogP contribution is -2.43. The zero-order valence-corrected chi connectivity index (χ0v) is 14.1. The van der Waals surface area contributed by atoms with Crippen LogP contribution in [0.2, 0.25) is 0 Å². The van der Waals surface area contributed by atoms with Gasteiger partial charge in [0.25, 0.3) is 5.91 Å². The SMILES string of the molecule is CN1CCC(NC(=O)c2cccc(OCc3ccccc3)c2)CC1. The maximum atomic E-state index is 12.4. The second kappa shape index (κ2) is 7.97. The molecule has 0 saturated carbocycles. The van der Waals surface area contributed by atoms with E-state index in [1.807, 2.05) is 54.6 Å². The smallest absolute Gasteiger partial charge is 0.251 e. The van der Waals surface area contributed by atoms with E-state index in [4.69, 9.17) is 4.74 Å². The molecule has 126 valence electrons. The maximum absolute atomic E-state index is 12.4. The molecule has 4 heteroatoms. The lowest BCUT2D eigenvalue weighted by Gasteiger charge is -2.29. The molecule has 1 amide bonds. The van der Waals surface area contributed by atoms with Crippen LogP contribution in [0, 0.1) is 0 Å². The van der Waals surface area contributed by atoms with Crippen molar-refractivity contribution in [2.24, 2.45) is 0 Å². The normalized spacial score (nSPS) is 15.9. The van der Waals surface area contributed by atoms with Gasteiger partial charge in [-0.3, -0.25) is 4.79 Å². The molecule has 1 aliphatic rings. The van der Waals surface area contributed by atoms with Crippen LogP contribution >= 0.6 is 0 Å². The highest BCUT2D eigenvalue weighted by atomic mass is 16.5. The molecule has 0 bridgehead atoms. The van der Waals surface area contributed by atoms with Crippen molar-refractivity contribution in [2.75, 3.05) is 20.1 Å². The highest BCUT2D eigenvalue weighted by Gasteiger charge is 2.19. The van der Waals surface area contributed by atoms with Crippen molar-refractivity contribution in [3.05, 3.63) is 65.7 Å². The number of hydrogen-bond donors (Lipinski definition) is 1. The van der Waals surface area contributed by atoms with Gasteiger partial charge in [0.1, 0.15) is 12.4 Å². The van der Waals surface area contributed by atoms with Crippen molar-refractivity contribution in [3.63, 3.8) is 0 Å². The molecule has 0 aromatic heterocycles. The van der Waals surface area contributed by atoms with E-state index in [1.165, 1.54) is 0 Å². The summed E-state index contributed by atoms with van der Waals surface area (Å²) in [6.07, 6.45) is 2.01. The minimum Gasteiger partial charge on any atom is -0.489 e. The summed E-state index contributed by atoms with van der Waals surface area (Å²) in [7, 11) is 2.12. The molecule has 0 radical (unpaired) electrons. The lowest BCUT2D eigenvalue weighted by atomic mass is 10.0. The van der Waals surface area contributed by atoms with Gasteiger partial charge in [-0.2, -0.15) is 0 Å². The summed E-state index contributed by atoms with van der Waals surface area (Å²) < 4.78 is 5.80. The number of carbonyl (C=O) groups is 1. The van der Waals surface area contributed by atoms with Crippen LogP contribution in [0.3, 0.4) is 0 Å². The summed E-state index contributed by atoms with van der Waals surface area (Å²) in [5.74, 6) is 0.699. The molecule has 0 atom stereocenters. The van der Waals surface area contributed by atoms with Crippen molar-refractivity contribution in [1.29, 1.82) is 0 Å². The molecule has 0 aliphatic carbocycles. The van der Waals surface area contributed by atoms with Crippen LogP contribution in [0.15, 0.2) is 54.6 Å². The van der Waals surface area contributed by atoms with Crippen LogP contribution in [0.1, 0.15) is 28.8 Å². The number of amides is 1. The Labute approximate surface area is 143 Å². The van der Waals surface area contributed by atoms with Gasteiger partial charge in [0.05, 0.1) is 0 Å². The van der Waals surface area contributed by atoms with Gasteiger partial charge in [0, 0.05) is 11.6 Å². The Morgan fingerprint density at radius 1 is 1.12 bits per heavy atom. The van der Waals surface area contributed by atoms with Crippen molar-refractivity contribution >= 4 is 5.91 Å². The zero-order chi connectivity index (χ0) is 16.8. The number of likely N-dealkylation sites (tertiary alicyclic amines) is 1. The quantitative estimate of drug-likeness (QED) is 0.919. The summed E-state index contributed by atoms with van der Waals surface area (Å²) in [5.41, 5.74) is 1.76. The van der Waals surface area contributed by atoms with Gasteiger partial charge in [-0.15, -0.1) is 0 Å². The molecule has 1 N–H and O–H groups in total. The van der Waals surface area contributed by atoms with E-state index in [1.54, 1.807) is 0 Å². The van der Waals surface area contributed by atoms with Gasteiger partial charge in [0.15, 0.2) is 0 Å². The molecular weight excluding hydrogens is 300 g/mol. The molecule has 2 aromatic carbocycles. The van der Waals surface area contributed by atoms with Crippen LogP contribution in [0.25, 0.3) is 0 Å². The molecule has 1 heterocycles. The first-order valence-electron chi connectivity index (χ1n) is 8.47. The standard InChI is InChI=1S/C20H24N2O2/c1-22-12-10-18(11-13-22)21-20(23)17-8-5-9-19(14-17)24-15-16-6-3-2-4-7-16/h2-9,14,18H,10-13,15H2,1H3,(H,21,23). The minimum absolute atomic E-state index is 0.0188. The Morgan fingerprint density at radius 3 is 2.62 bits per heavy atom. The average Bonchev–Trinajstić information content (AvgIpc) is 2.63. The number of rotatable bonds is 5. The number of piperidine rings is 1. The Hall–Kier alpha value is -2.33. The van der Waals surface area contributed by atoms with Crippen molar-refractivity contribution in [3.8, 4) is 5.75 Å². The number of carbonyl (C=O) groups excluding carboxylic acids is 1. The third-order valence-corrected chi connectivity index (χ3v) is 4.40. The molecule has 1 saturated heterocycles. The summed E-state index contributed by atoms with van der Waals surface area (Å²) in [6.45, 7) is 2.57. The van der Waals surface area contributed by atoms with Crippen LogP contribution < -0.4 is 10.1 Å². The Balaban J connectivity index is 1.57. The van der Waals surface area contributed by atoms with E-state index >= 15 is 0 Å². The van der Waals surface area contributed by atoms with Crippen LogP contribution in [-0.2, 0) is 6.61 Å². The van der Waals surface area contributed by atoms with Crippen LogP contribution in [0.4, 0.5) is 0 Å². The summed E-state index contributed by atoms with van der Waals surface area (Å²) in [5, 5.41) is 3.14. The molecule has 24 heavy (non-hydrogen) atoms. The topological polar surface area (TPSA) is 41.6 Å². The number of nitrogens with one attached hydrogen (secondary N) is 1. The van der Waals surface area contributed by atoms with Gasteiger partial charge in [-0.1, -0.05) is 36.4 Å². The molecule has 0 unspecified atom stereocenters. The van der Waals surface area contributed by atoms with Crippen molar-refractivity contribution in [2.45, 2.75) is 25.5 Å². The third-order valence-electron chi connectivity index (χ3n) is 4.40. The average molecular weight is 324 g/mol. The van der Waals surface area contributed by atoms with Gasteiger partial charge < -0.3 is 15.0 Å². The first-order chi connectivity index (χ1) is 11.7. The molecule has 1 fully saturated rings. The highest BCUT2D eigenvalue weighted by Crippen LogP contribution is 2.16. The third kappa shape index (κ3) is 4.59. The molecule has 1 aliphatic heterocycles. The molecule has 2 aromatic rings. The first-order valence-corrected chi connectivity index (χ1v) is 8.47. The van der Waals surface area contributed by atoms with Gasteiger partial charge >= 0.3 is 0 Å². The lowest BCUT2D eigenvalue weighted by molar-refractivity contribution is 0.0916. The van der Waals surface area contributed by atoms with E-state index in [0.29, 0.717) is 12.2 Å². The first kappa shape index (κ1) is 16.5.